The van der Waals surface area contributed by atoms with E-state index in [1.165, 1.54) is 4.90 Å². The first kappa shape index (κ1) is 18.5. The number of aliphatic carboxylic acids is 1. The average molecular weight is 344 g/mol. The van der Waals surface area contributed by atoms with Gasteiger partial charge in [0.25, 0.3) is 0 Å². The number of hydrogen-bond donors (Lipinski definition) is 2. The summed E-state index contributed by atoms with van der Waals surface area (Å²) in [6, 6.07) is 7.71. The van der Waals surface area contributed by atoms with Crippen LogP contribution in [0.25, 0.3) is 5.69 Å². The highest BCUT2D eigenvalue weighted by Gasteiger charge is 2.17. The summed E-state index contributed by atoms with van der Waals surface area (Å²) in [5.74, 6) is -0.936. The van der Waals surface area contributed by atoms with Gasteiger partial charge in [0.15, 0.2) is 0 Å². The van der Waals surface area contributed by atoms with E-state index in [-0.39, 0.29) is 19.0 Å². The first-order valence-electron chi connectivity index (χ1n) is 8.13. The molecule has 1 heterocycles. The number of carbonyl (C=O) groups excluding carboxylic acids is 1. The van der Waals surface area contributed by atoms with Gasteiger partial charge < -0.3 is 15.3 Å². The van der Waals surface area contributed by atoms with Crippen LogP contribution in [0.1, 0.15) is 28.9 Å². The molecule has 2 N–H and O–H groups in total. The van der Waals surface area contributed by atoms with Gasteiger partial charge in [0.05, 0.1) is 24.3 Å². The maximum absolute atomic E-state index is 12.1. The molecule has 1 aromatic heterocycles. The molecular weight excluding hydrogens is 320 g/mol. The first-order valence-corrected chi connectivity index (χ1v) is 8.13. The van der Waals surface area contributed by atoms with Gasteiger partial charge in [-0.2, -0.15) is 5.10 Å². The topological polar surface area (TPSA) is 87.5 Å². The summed E-state index contributed by atoms with van der Waals surface area (Å²) in [4.78, 5) is 24.1. The molecule has 1 aromatic carbocycles. The minimum Gasteiger partial charge on any atom is -0.481 e. The Morgan fingerprint density at radius 3 is 2.56 bits per heavy atom. The Labute approximate surface area is 147 Å². The van der Waals surface area contributed by atoms with Crippen molar-refractivity contribution in [1.82, 2.24) is 20.0 Å². The summed E-state index contributed by atoms with van der Waals surface area (Å²) in [5.41, 5.74) is 4.98. The van der Waals surface area contributed by atoms with Gasteiger partial charge in [-0.3, -0.25) is 4.79 Å². The minimum atomic E-state index is -0.936. The lowest BCUT2D eigenvalue weighted by Gasteiger charge is -2.18. The van der Waals surface area contributed by atoms with Crippen LogP contribution in [0.5, 0.6) is 0 Å². The van der Waals surface area contributed by atoms with E-state index < -0.39 is 5.97 Å². The summed E-state index contributed by atoms with van der Waals surface area (Å²) in [6.07, 6.45) is -0.0944. The number of carbonyl (C=O) groups is 2. The molecule has 0 saturated carbocycles. The van der Waals surface area contributed by atoms with Crippen LogP contribution in [0.15, 0.2) is 24.3 Å². The van der Waals surface area contributed by atoms with Crippen molar-refractivity contribution in [3.05, 3.63) is 46.8 Å². The molecule has 7 heteroatoms. The third kappa shape index (κ3) is 4.37. The smallest absolute Gasteiger partial charge is 0.317 e. The highest BCUT2D eigenvalue weighted by Crippen LogP contribution is 2.21. The van der Waals surface area contributed by atoms with E-state index >= 15 is 0 Å². The largest absolute Gasteiger partial charge is 0.481 e. The fourth-order valence-corrected chi connectivity index (χ4v) is 2.66. The van der Waals surface area contributed by atoms with Gasteiger partial charge in [-0.25, -0.2) is 9.48 Å². The second-order valence-corrected chi connectivity index (χ2v) is 6.08. The number of urea groups is 1. The van der Waals surface area contributed by atoms with E-state index in [0.29, 0.717) is 6.54 Å². The van der Waals surface area contributed by atoms with E-state index in [1.54, 1.807) is 7.05 Å². The van der Waals surface area contributed by atoms with E-state index in [1.807, 2.05) is 49.7 Å². The Kier molecular flexibility index (Phi) is 5.80. The number of carboxylic acids is 1. The molecule has 0 aliphatic rings. The summed E-state index contributed by atoms with van der Waals surface area (Å²) in [7, 11) is 1.68. The highest BCUT2D eigenvalue weighted by atomic mass is 16.4. The molecule has 0 fully saturated rings. The molecule has 7 nitrogen and oxygen atoms in total. The second-order valence-electron chi connectivity index (χ2n) is 6.08. The fraction of sp³-hybridized carbons (Fsp3) is 0.389. The van der Waals surface area contributed by atoms with Crippen molar-refractivity contribution >= 4 is 12.0 Å². The van der Waals surface area contributed by atoms with Gasteiger partial charge in [0, 0.05) is 24.8 Å². The van der Waals surface area contributed by atoms with Crippen LogP contribution in [0.3, 0.4) is 0 Å². The second kappa shape index (κ2) is 7.83. The number of nitrogens with one attached hydrogen (secondary N) is 1. The molecule has 0 aliphatic heterocycles. The quantitative estimate of drug-likeness (QED) is 0.842. The molecule has 0 atom stereocenters. The lowest BCUT2D eigenvalue weighted by atomic mass is 10.1. The van der Waals surface area contributed by atoms with Crippen molar-refractivity contribution in [2.45, 2.75) is 33.7 Å². The molecule has 2 amide bonds. The molecule has 25 heavy (non-hydrogen) atoms. The van der Waals surface area contributed by atoms with Crippen molar-refractivity contribution in [3.8, 4) is 5.69 Å². The average Bonchev–Trinajstić information content (AvgIpc) is 2.82. The van der Waals surface area contributed by atoms with Gasteiger partial charge in [-0.05, 0) is 32.4 Å². The van der Waals surface area contributed by atoms with Crippen LogP contribution >= 0.6 is 0 Å². The van der Waals surface area contributed by atoms with Crippen LogP contribution in [-0.2, 0) is 11.3 Å². The van der Waals surface area contributed by atoms with Crippen LogP contribution in [-0.4, -0.2) is 45.4 Å². The first-order chi connectivity index (χ1) is 11.8. The Balaban J connectivity index is 2.14. The zero-order valence-corrected chi connectivity index (χ0v) is 15.0. The molecule has 0 aliphatic carbocycles. The Morgan fingerprint density at radius 2 is 1.92 bits per heavy atom. The normalized spacial score (nSPS) is 10.6. The molecule has 0 spiro atoms. The maximum atomic E-state index is 12.1. The van der Waals surface area contributed by atoms with Crippen molar-refractivity contribution in [2.75, 3.05) is 13.6 Å². The van der Waals surface area contributed by atoms with Gasteiger partial charge in [-0.15, -0.1) is 0 Å². The molecular formula is C18H24N4O3. The molecule has 2 aromatic rings. The number of amides is 2. The summed E-state index contributed by atoms with van der Waals surface area (Å²) in [6.45, 7) is 6.46. The van der Waals surface area contributed by atoms with Gasteiger partial charge in [-0.1, -0.05) is 18.2 Å². The number of hydrogen-bond acceptors (Lipinski definition) is 3. The number of para-hydroxylation sites is 1. The summed E-state index contributed by atoms with van der Waals surface area (Å²) >= 11 is 0. The maximum Gasteiger partial charge on any atom is 0.317 e. The lowest BCUT2D eigenvalue weighted by molar-refractivity contribution is -0.136. The zero-order chi connectivity index (χ0) is 18.6. The van der Waals surface area contributed by atoms with Gasteiger partial charge >= 0.3 is 12.0 Å². The standard InChI is InChI=1S/C18H24N4O3/c1-12-7-5-6-8-16(12)22-14(3)15(13(2)20-22)11-21(4)18(25)19-10-9-17(23)24/h5-8H,9-11H2,1-4H3,(H,19,25)(H,23,24). The number of aryl methyl sites for hydroxylation is 2. The molecule has 0 radical (unpaired) electrons. The number of aromatic nitrogens is 2. The predicted molar refractivity (Wildman–Crippen MR) is 94.9 cm³/mol. The van der Waals surface area contributed by atoms with Crippen molar-refractivity contribution < 1.29 is 14.7 Å². The number of carboxylic acid groups (broad SMARTS) is 1. The van der Waals surface area contributed by atoms with Crippen LogP contribution in [0, 0.1) is 20.8 Å². The van der Waals surface area contributed by atoms with Crippen LogP contribution in [0.2, 0.25) is 0 Å². The predicted octanol–water partition coefficient (Wildman–Crippen LogP) is 2.41. The molecule has 0 unspecified atom stereocenters. The third-order valence-corrected chi connectivity index (χ3v) is 4.14. The molecule has 0 saturated heterocycles. The van der Waals surface area contributed by atoms with Crippen molar-refractivity contribution in [3.63, 3.8) is 0 Å². The monoisotopic (exact) mass is 344 g/mol. The number of rotatable bonds is 6. The molecule has 2 rings (SSSR count). The lowest BCUT2D eigenvalue weighted by Crippen LogP contribution is -2.38. The Morgan fingerprint density at radius 1 is 1.24 bits per heavy atom. The number of nitrogens with zero attached hydrogens (tertiary/aromatic N) is 3. The van der Waals surface area contributed by atoms with Gasteiger partial charge in [0.2, 0.25) is 0 Å². The highest BCUT2D eigenvalue weighted by molar-refractivity contribution is 5.75. The van der Waals surface area contributed by atoms with E-state index in [2.05, 4.69) is 10.4 Å². The van der Waals surface area contributed by atoms with Gasteiger partial charge in [0.1, 0.15) is 0 Å². The van der Waals surface area contributed by atoms with E-state index in [0.717, 1.165) is 28.2 Å². The van der Waals surface area contributed by atoms with Crippen molar-refractivity contribution in [2.24, 2.45) is 0 Å². The van der Waals surface area contributed by atoms with E-state index in [9.17, 15) is 9.59 Å². The minimum absolute atomic E-state index is 0.0944. The Bertz CT molecular complexity index is 783. The number of benzene rings is 1. The van der Waals surface area contributed by atoms with E-state index in [4.69, 9.17) is 5.11 Å². The SMILES string of the molecule is Cc1ccccc1-n1nc(C)c(CN(C)C(=O)NCCC(=O)O)c1C. The third-order valence-electron chi connectivity index (χ3n) is 4.14. The zero-order valence-electron chi connectivity index (χ0n) is 15.0. The molecule has 0 bridgehead atoms. The van der Waals surface area contributed by atoms with Crippen LogP contribution in [0.4, 0.5) is 4.79 Å². The summed E-state index contributed by atoms with van der Waals surface area (Å²) < 4.78 is 1.90. The Hall–Kier alpha value is -2.83. The molecule has 134 valence electrons. The summed E-state index contributed by atoms with van der Waals surface area (Å²) in [5, 5.41) is 15.8. The van der Waals surface area contributed by atoms with Crippen LogP contribution < -0.4 is 5.32 Å². The fourth-order valence-electron chi connectivity index (χ4n) is 2.66. The van der Waals surface area contributed by atoms with Crippen molar-refractivity contribution in [1.29, 1.82) is 0 Å².